The Kier molecular flexibility index (Phi) is 6.46. The van der Waals surface area contributed by atoms with Crippen LogP contribution in [0.3, 0.4) is 0 Å². The lowest BCUT2D eigenvalue weighted by Crippen LogP contribution is -2.29. The summed E-state index contributed by atoms with van der Waals surface area (Å²) >= 11 is 3.31. The van der Waals surface area contributed by atoms with Gasteiger partial charge in [-0.1, -0.05) is 35.8 Å². The molecular formula is C14H18BrN3O2. The number of alkyl halides is 1. The predicted octanol–water partition coefficient (Wildman–Crippen LogP) is 3.87. The van der Waals surface area contributed by atoms with Crippen molar-refractivity contribution in [2.45, 2.75) is 25.6 Å². The lowest BCUT2D eigenvalue weighted by atomic mass is 10.1. The maximum atomic E-state index is 11.3. The van der Waals surface area contributed by atoms with E-state index in [9.17, 15) is 10.1 Å². The third-order valence-corrected chi connectivity index (χ3v) is 3.46. The van der Waals surface area contributed by atoms with Gasteiger partial charge in [0.25, 0.3) is 5.69 Å². The number of nitrogens with zero attached hydrogens (tertiary/aromatic N) is 3. The first-order valence-electron chi connectivity index (χ1n) is 6.44. The summed E-state index contributed by atoms with van der Waals surface area (Å²) in [5, 5.41) is 20.6. The van der Waals surface area contributed by atoms with E-state index in [4.69, 9.17) is 5.26 Å². The maximum absolute atomic E-state index is 11.3. The van der Waals surface area contributed by atoms with Crippen LogP contribution in [0.25, 0.3) is 0 Å². The third-order valence-electron chi connectivity index (χ3n) is 2.81. The Morgan fingerprint density at radius 1 is 1.50 bits per heavy atom. The van der Waals surface area contributed by atoms with Gasteiger partial charge in [-0.15, -0.1) is 0 Å². The molecule has 1 rings (SSSR count). The molecule has 1 aromatic carbocycles. The maximum Gasteiger partial charge on any atom is 0.292 e. The molecule has 0 fully saturated rings. The minimum atomic E-state index is -0.360. The molecule has 0 saturated carbocycles. The second-order valence-corrected chi connectivity index (χ2v) is 5.52. The molecule has 5 nitrogen and oxygen atoms in total. The Hall–Kier alpha value is -1.61. The van der Waals surface area contributed by atoms with Gasteiger partial charge in [-0.25, -0.2) is 0 Å². The number of benzene rings is 1. The predicted molar refractivity (Wildman–Crippen MR) is 83.0 cm³/mol. The molecule has 0 N–H and O–H groups in total. The van der Waals surface area contributed by atoms with Crippen LogP contribution in [0, 0.1) is 27.4 Å². The molecule has 6 heteroatoms. The second-order valence-electron chi connectivity index (χ2n) is 4.96. The first-order valence-corrected chi connectivity index (χ1v) is 7.57. The van der Waals surface area contributed by atoms with E-state index in [1.807, 2.05) is 11.0 Å². The van der Waals surface area contributed by atoms with E-state index in [0.29, 0.717) is 36.4 Å². The molecule has 20 heavy (non-hydrogen) atoms. The molecular weight excluding hydrogens is 322 g/mol. The van der Waals surface area contributed by atoms with Crippen LogP contribution >= 0.6 is 15.9 Å². The summed E-state index contributed by atoms with van der Waals surface area (Å²) < 4.78 is 0. The lowest BCUT2D eigenvalue weighted by Gasteiger charge is -2.25. The highest BCUT2D eigenvalue weighted by Crippen LogP contribution is 2.30. The largest absolute Gasteiger partial charge is 0.365 e. The highest BCUT2D eigenvalue weighted by atomic mass is 79.9. The number of nitriles is 1. The molecule has 0 aliphatic carbocycles. The topological polar surface area (TPSA) is 70.2 Å². The van der Waals surface area contributed by atoms with Crippen molar-refractivity contribution in [3.8, 4) is 6.07 Å². The van der Waals surface area contributed by atoms with E-state index in [1.54, 1.807) is 12.1 Å². The van der Waals surface area contributed by atoms with E-state index in [-0.39, 0.29) is 10.6 Å². The number of rotatable bonds is 7. The second kappa shape index (κ2) is 7.85. The van der Waals surface area contributed by atoms with Crippen LogP contribution in [0.2, 0.25) is 0 Å². The van der Waals surface area contributed by atoms with Crippen LogP contribution in [0.4, 0.5) is 11.4 Å². The van der Waals surface area contributed by atoms with Gasteiger partial charge < -0.3 is 4.90 Å². The van der Waals surface area contributed by atoms with E-state index in [1.165, 1.54) is 0 Å². The molecule has 1 aromatic rings. The van der Waals surface area contributed by atoms with E-state index in [2.05, 4.69) is 35.8 Å². The Morgan fingerprint density at radius 3 is 2.70 bits per heavy atom. The van der Waals surface area contributed by atoms with Gasteiger partial charge in [0.2, 0.25) is 0 Å². The van der Waals surface area contributed by atoms with Gasteiger partial charge in [0, 0.05) is 24.5 Å². The van der Waals surface area contributed by atoms with Crippen LogP contribution in [0.15, 0.2) is 18.2 Å². The van der Waals surface area contributed by atoms with E-state index < -0.39 is 0 Å². The summed E-state index contributed by atoms with van der Waals surface area (Å²) in [6.07, 6.45) is 0.351. The minimum absolute atomic E-state index is 0.0977. The molecule has 0 aliphatic heterocycles. The van der Waals surface area contributed by atoms with Crippen molar-refractivity contribution in [2.24, 2.45) is 5.92 Å². The number of hydrogen-bond donors (Lipinski definition) is 0. The van der Waals surface area contributed by atoms with Crippen LogP contribution in [0.5, 0.6) is 0 Å². The summed E-state index contributed by atoms with van der Waals surface area (Å²) in [5.41, 5.74) is 1.55. The van der Waals surface area contributed by atoms with Gasteiger partial charge in [0.15, 0.2) is 0 Å². The van der Waals surface area contributed by atoms with Crippen LogP contribution < -0.4 is 4.90 Å². The van der Waals surface area contributed by atoms with Crippen molar-refractivity contribution in [1.82, 2.24) is 0 Å². The Bertz CT molecular complexity index is 512. The summed E-state index contributed by atoms with van der Waals surface area (Å²) in [7, 11) is 0. The van der Waals surface area contributed by atoms with Crippen molar-refractivity contribution in [2.75, 3.05) is 18.0 Å². The number of anilines is 1. The van der Waals surface area contributed by atoms with E-state index >= 15 is 0 Å². The first-order chi connectivity index (χ1) is 9.49. The Balaban J connectivity index is 3.17. The number of nitro benzene ring substituents is 1. The van der Waals surface area contributed by atoms with Gasteiger partial charge in [-0.3, -0.25) is 10.1 Å². The fourth-order valence-corrected chi connectivity index (χ4v) is 2.35. The van der Waals surface area contributed by atoms with Gasteiger partial charge in [0.05, 0.1) is 17.4 Å². The number of hydrogen-bond acceptors (Lipinski definition) is 4. The van der Waals surface area contributed by atoms with Gasteiger partial charge in [-0.2, -0.15) is 5.26 Å². The van der Waals surface area contributed by atoms with Crippen molar-refractivity contribution < 1.29 is 4.92 Å². The first kappa shape index (κ1) is 16.4. The molecule has 0 amide bonds. The van der Waals surface area contributed by atoms with Crippen LogP contribution in [0.1, 0.15) is 25.8 Å². The summed E-state index contributed by atoms with van der Waals surface area (Å²) in [6.45, 7) is 5.30. The Labute approximate surface area is 127 Å². The smallest absolute Gasteiger partial charge is 0.292 e. The van der Waals surface area contributed by atoms with Crippen LogP contribution in [-0.4, -0.2) is 18.0 Å². The fraction of sp³-hybridized carbons (Fsp3) is 0.500. The molecule has 0 saturated heterocycles. The zero-order valence-electron chi connectivity index (χ0n) is 11.7. The highest BCUT2D eigenvalue weighted by Gasteiger charge is 2.20. The monoisotopic (exact) mass is 339 g/mol. The van der Waals surface area contributed by atoms with Crippen LogP contribution in [-0.2, 0) is 5.33 Å². The van der Waals surface area contributed by atoms with Gasteiger partial charge in [-0.05, 0) is 17.5 Å². The third kappa shape index (κ3) is 4.49. The molecule has 0 bridgehead atoms. The molecule has 0 aromatic heterocycles. The van der Waals surface area contributed by atoms with E-state index in [0.717, 1.165) is 5.56 Å². The highest BCUT2D eigenvalue weighted by molar-refractivity contribution is 9.08. The fourth-order valence-electron chi connectivity index (χ4n) is 2.00. The molecule has 108 valence electrons. The quantitative estimate of drug-likeness (QED) is 0.429. The SMILES string of the molecule is CC(C)CN(CCC#N)c1ccc(CBr)cc1[N+](=O)[O-]. The molecule has 0 heterocycles. The molecule has 0 radical (unpaired) electrons. The van der Waals surface area contributed by atoms with Gasteiger partial charge in [0.1, 0.15) is 5.69 Å². The number of nitro groups is 1. The summed E-state index contributed by atoms with van der Waals surface area (Å²) in [6, 6.07) is 7.32. The standard InChI is InChI=1S/C14H18BrN3O2/c1-11(2)10-17(7-3-6-16)13-5-4-12(9-15)8-14(13)18(19)20/h4-5,8,11H,3,7,9-10H2,1-2H3. The zero-order chi connectivity index (χ0) is 15.1. The van der Waals surface area contributed by atoms with Crippen molar-refractivity contribution in [3.05, 3.63) is 33.9 Å². The summed E-state index contributed by atoms with van der Waals surface area (Å²) in [4.78, 5) is 12.8. The van der Waals surface area contributed by atoms with Gasteiger partial charge >= 0.3 is 0 Å². The average Bonchev–Trinajstić information content (AvgIpc) is 2.42. The molecule has 0 unspecified atom stereocenters. The Morgan fingerprint density at radius 2 is 2.20 bits per heavy atom. The van der Waals surface area contributed by atoms with Crippen molar-refractivity contribution in [1.29, 1.82) is 5.26 Å². The van der Waals surface area contributed by atoms with Crippen molar-refractivity contribution in [3.63, 3.8) is 0 Å². The zero-order valence-corrected chi connectivity index (χ0v) is 13.3. The molecule has 0 atom stereocenters. The van der Waals surface area contributed by atoms with Crippen molar-refractivity contribution >= 4 is 27.3 Å². The molecule has 0 spiro atoms. The average molecular weight is 340 g/mol. The summed E-state index contributed by atoms with van der Waals surface area (Å²) in [5.74, 6) is 0.365. The molecule has 0 aliphatic rings. The number of halogens is 1. The lowest BCUT2D eigenvalue weighted by molar-refractivity contribution is -0.384. The minimum Gasteiger partial charge on any atom is -0.365 e. The normalized spacial score (nSPS) is 10.3.